The number of amides is 4. The number of nitrogens with zero attached hydrogens (tertiary/aromatic N) is 2. The Balaban J connectivity index is 1.92. The molecule has 7 N–H and O–H groups in total. The van der Waals surface area contributed by atoms with Crippen LogP contribution in [0.4, 0.5) is 16.4 Å². The standard InChI is InChI=1S/C16H17N7O5/c17-13(26)11(8-12(24)25)21-16(28)23-22-14(27)9-3-1-4-10(7-9)20-15-18-5-2-6-19-15/h1-7,11H,8H2,(H2,17,26)(H,22,27)(H,24,25)(H,18,19,20)(H2,21,23,28)/t11-/m0/s1. The molecule has 0 unspecified atom stereocenters. The molecule has 12 heteroatoms. The predicted octanol–water partition coefficient (Wildman–Crippen LogP) is -0.507. The zero-order chi connectivity index (χ0) is 20.5. The Hall–Kier alpha value is -4.22. The molecule has 2 rings (SSSR count). The van der Waals surface area contributed by atoms with Gasteiger partial charge in [-0.05, 0) is 24.3 Å². The third kappa shape index (κ3) is 6.25. The van der Waals surface area contributed by atoms with Crippen molar-refractivity contribution in [1.29, 1.82) is 0 Å². The van der Waals surface area contributed by atoms with Gasteiger partial charge in [0, 0.05) is 23.6 Å². The van der Waals surface area contributed by atoms with Crippen molar-refractivity contribution in [2.75, 3.05) is 5.32 Å². The summed E-state index contributed by atoms with van der Waals surface area (Å²) in [4.78, 5) is 53.7. The number of benzene rings is 1. The van der Waals surface area contributed by atoms with E-state index in [-0.39, 0.29) is 5.56 Å². The molecule has 146 valence electrons. The first-order valence-corrected chi connectivity index (χ1v) is 7.87. The summed E-state index contributed by atoms with van der Waals surface area (Å²) in [6.45, 7) is 0. The molecule has 12 nitrogen and oxygen atoms in total. The van der Waals surface area contributed by atoms with E-state index >= 15 is 0 Å². The van der Waals surface area contributed by atoms with E-state index in [0.717, 1.165) is 0 Å². The lowest BCUT2D eigenvalue weighted by Gasteiger charge is -2.14. The zero-order valence-corrected chi connectivity index (χ0v) is 14.4. The average Bonchev–Trinajstić information content (AvgIpc) is 2.66. The molecule has 0 fully saturated rings. The molecule has 0 saturated heterocycles. The lowest BCUT2D eigenvalue weighted by Crippen LogP contribution is -2.53. The summed E-state index contributed by atoms with van der Waals surface area (Å²) >= 11 is 0. The molecule has 4 amide bonds. The maximum Gasteiger partial charge on any atom is 0.334 e. The number of anilines is 2. The normalized spacial score (nSPS) is 11.0. The minimum atomic E-state index is -1.42. The van der Waals surface area contributed by atoms with Crippen LogP contribution in [0.1, 0.15) is 16.8 Å². The van der Waals surface area contributed by atoms with E-state index in [1.54, 1.807) is 30.6 Å². The third-order valence-electron chi connectivity index (χ3n) is 3.26. The molecule has 0 aliphatic rings. The summed E-state index contributed by atoms with van der Waals surface area (Å²) in [7, 11) is 0. The molecule has 0 saturated carbocycles. The quantitative estimate of drug-likeness (QED) is 0.342. The summed E-state index contributed by atoms with van der Waals surface area (Å²) in [5, 5.41) is 13.6. The largest absolute Gasteiger partial charge is 0.481 e. The number of aliphatic carboxylic acids is 1. The van der Waals surface area contributed by atoms with Gasteiger partial charge in [0.05, 0.1) is 6.42 Å². The average molecular weight is 387 g/mol. The van der Waals surface area contributed by atoms with E-state index in [9.17, 15) is 19.2 Å². The fraction of sp³-hybridized carbons (Fsp3) is 0.125. The number of nitrogens with two attached hydrogens (primary N) is 1. The van der Waals surface area contributed by atoms with Gasteiger partial charge in [-0.3, -0.25) is 19.8 Å². The van der Waals surface area contributed by atoms with Crippen molar-refractivity contribution in [1.82, 2.24) is 26.1 Å². The highest BCUT2D eigenvalue weighted by molar-refractivity contribution is 5.96. The lowest BCUT2D eigenvalue weighted by atomic mass is 10.2. The molecule has 1 aromatic heterocycles. The number of hydrogen-bond acceptors (Lipinski definition) is 7. The second kappa shape index (κ2) is 9.47. The van der Waals surface area contributed by atoms with Crippen LogP contribution in [-0.2, 0) is 9.59 Å². The third-order valence-corrected chi connectivity index (χ3v) is 3.26. The first-order valence-electron chi connectivity index (χ1n) is 7.87. The highest BCUT2D eigenvalue weighted by Gasteiger charge is 2.21. The van der Waals surface area contributed by atoms with Crippen LogP contribution in [0.3, 0.4) is 0 Å². The first-order chi connectivity index (χ1) is 13.3. The zero-order valence-electron chi connectivity index (χ0n) is 14.4. The molecule has 0 aliphatic heterocycles. The minimum absolute atomic E-state index is 0.207. The lowest BCUT2D eigenvalue weighted by molar-refractivity contribution is -0.139. The van der Waals surface area contributed by atoms with Gasteiger partial charge in [0.1, 0.15) is 6.04 Å². The summed E-state index contributed by atoms with van der Waals surface area (Å²) in [5.74, 6) is -2.65. The van der Waals surface area contributed by atoms with Crippen molar-refractivity contribution in [3.05, 3.63) is 48.3 Å². The number of hydrogen-bond donors (Lipinski definition) is 6. The second-order valence-corrected chi connectivity index (χ2v) is 5.38. The Morgan fingerprint density at radius 2 is 1.79 bits per heavy atom. The minimum Gasteiger partial charge on any atom is -0.481 e. The molecule has 1 heterocycles. The number of hydrazine groups is 1. The molecular weight excluding hydrogens is 370 g/mol. The SMILES string of the molecule is NC(=O)[C@H](CC(=O)O)NC(=O)NNC(=O)c1cccc(Nc2ncccn2)c1. The van der Waals surface area contributed by atoms with Crippen LogP contribution in [0.25, 0.3) is 0 Å². The second-order valence-electron chi connectivity index (χ2n) is 5.38. The number of rotatable bonds is 7. The fourth-order valence-electron chi connectivity index (χ4n) is 2.01. The molecular formula is C16H17N7O5. The van der Waals surface area contributed by atoms with E-state index in [2.05, 4.69) is 20.7 Å². The number of carboxylic acids is 1. The molecule has 0 radical (unpaired) electrons. The highest BCUT2D eigenvalue weighted by atomic mass is 16.4. The Labute approximate surface area is 158 Å². The number of aromatic nitrogens is 2. The summed E-state index contributed by atoms with van der Waals surface area (Å²) in [6.07, 6.45) is 2.42. The molecule has 1 atom stereocenters. The highest BCUT2D eigenvalue weighted by Crippen LogP contribution is 2.14. The molecule has 0 bridgehead atoms. The van der Waals surface area contributed by atoms with Gasteiger partial charge >= 0.3 is 12.0 Å². The summed E-state index contributed by atoms with van der Waals surface area (Å²) in [6, 6.07) is 5.54. The molecule has 28 heavy (non-hydrogen) atoms. The number of primary amides is 1. The summed E-state index contributed by atoms with van der Waals surface area (Å²) in [5.41, 5.74) is 9.90. The van der Waals surface area contributed by atoms with Crippen LogP contribution in [0.2, 0.25) is 0 Å². The van der Waals surface area contributed by atoms with E-state index in [4.69, 9.17) is 10.8 Å². The topological polar surface area (TPSA) is 188 Å². The van der Waals surface area contributed by atoms with Crippen LogP contribution in [0.5, 0.6) is 0 Å². The van der Waals surface area contributed by atoms with Gasteiger partial charge < -0.3 is 21.5 Å². The fourth-order valence-corrected chi connectivity index (χ4v) is 2.01. The van der Waals surface area contributed by atoms with Crippen LogP contribution in [0, 0.1) is 0 Å². The molecule has 0 spiro atoms. The maximum absolute atomic E-state index is 12.2. The van der Waals surface area contributed by atoms with E-state index in [1.807, 2.05) is 10.7 Å². The van der Waals surface area contributed by atoms with Crippen LogP contribution in [-0.4, -0.2) is 44.9 Å². The monoisotopic (exact) mass is 387 g/mol. The van der Waals surface area contributed by atoms with Gasteiger partial charge in [-0.1, -0.05) is 6.07 Å². The number of carbonyl (C=O) groups excluding carboxylic acids is 3. The number of urea groups is 1. The Morgan fingerprint density at radius 1 is 1.07 bits per heavy atom. The summed E-state index contributed by atoms with van der Waals surface area (Å²) < 4.78 is 0. The Bertz CT molecular complexity index is 875. The van der Waals surface area contributed by atoms with Crippen molar-refractivity contribution in [2.45, 2.75) is 12.5 Å². The van der Waals surface area contributed by atoms with Crippen molar-refractivity contribution >= 4 is 35.5 Å². The molecule has 0 aliphatic carbocycles. The Kier molecular flexibility index (Phi) is 6.80. The first kappa shape index (κ1) is 20.1. The van der Waals surface area contributed by atoms with E-state index in [1.165, 1.54) is 12.1 Å². The number of nitrogens with one attached hydrogen (secondary N) is 4. The van der Waals surface area contributed by atoms with Gasteiger partial charge in [-0.2, -0.15) is 0 Å². The Morgan fingerprint density at radius 3 is 2.43 bits per heavy atom. The van der Waals surface area contributed by atoms with E-state index < -0.39 is 36.3 Å². The molecule has 1 aromatic carbocycles. The van der Waals surface area contributed by atoms with Crippen molar-refractivity contribution < 1.29 is 24.3 Å². The van der Waals surface area contributed by atoms with Gasteiger partial charge in [0.15, 0.2) is 0 Å². The van der Waals surface area contributed by atoms with Crippen LogP contribution < -0.4 is 27.2 Å². The van der Waals surface area contributed by atoms with Crippen LogP contribution >= 0.6 is 0 Å². The number of carboxylic acid groups (broad SMARTS) is 1. The van der Waals surface area contributed by atoms with Gasteiger partial charge in [-0.15, -0.1) is 0 Å². The van der Waals surface area contributed by atoms with Crippen molar-refractivity contribution in [3.63, 3.8) is 0 Å². The predicted molar refractivity (Wildman–Crippen MR) is 96.1 cm³/mol. The molecule has 2 aromatic rings. The van der Waals surface area contributed by atoms with Crippen molar-refractivity contribution in [3.8, 4) is 0 Å². The van der Waals surface area contributed by atoms with Gasteiger partial charge in [-0.25, -0.2) is 20.2 Å². The maximum atomic E-state index is 12.2. The van der Waals surface area contributed by atoms with E-state index in [0.29, 0.717) is 11.6 Å². The van der Waals surface area contributed by atoms with Crippen molar-refractivity contribution in [2.24, 2.45) is 5.73 Å². The number of carbonyl (C=O) groups is 4. The van der Waals surface area contributed by atoms with Crippen LogP contribution in [0.15, 0.2) is 42.7 Å². The van der Waals surface area contributed by atoms with Gasteiger partial charge in [0.2, 0.25) is 11.9 Å². The smallest absolute Gasteiger partial charge is 0.334 e. The van der Waals surface area contributed by atoms with Gasteiger partial charge in [0.25, 0.3) is 5.91 Å².